The van der Waals surface area contributed by atoms with Crippen LogP contribution in [0.5, 0.6) is 0 Å². The van der Waals surface area contributed by atoms with Crippen molar-refractivity contribution < 1.29 is 24.2 Å². The van der Waals surface area contributed by atoms with Crippen LogP contribution in [-0.4, -0.2) is 64.1 Å². The van der Waals surface area contributed by atoms with E-state index in [-0.39, 0.29) is 25.0 Å². The molecule has 0 radical (unpaired) electrons. The third-order valence-corrected chi connectivity index (χ3v) is 4.60. The number of carboxylic acid groups (broad SMARTS) is 1. The van der Waals surface area contributed by atoms with E-state index in [1.165, 1.54) is 0 Å². The van der Waals surface area contributed by atoms with Crippen molar-refractivity contribution in [3.8, 4) is 0 Å². The van der Waals surface area contributed by atoms with Crippen molar-refractivity contribution in [2.45, 2.75) is 51.3 Å². The molecule has 2 aliphatic rings. The van der Waals surface area contributed by atoms with Gasteiger partial charge in [-0.3, -0.25) is 14.3 Å². The molecule has 1 N–H and O–H groups in total. The van der Waals surface area contributed by atoms with Crippen LogP contribution < -0.4 is 0 Å². The molecule has 1 fully saturated rings. The minimum atomic E-state index is -0.832. The van der Waals surface area contributed by atoms with Gasteiger partial charge in [0, 0.05) is 19.6 Å². The van der Waals surface area contributed by atoms with E-state index >= 15 is 0 Å². The molecule has 1 amide bonds. The maximum Gasteiger partial charge on any atom is 0.303 e. The monoisotopic (exact) mass is 351 g/mol. The Morgan fingerprint density at radius 1 is 1.36 bits per heavy atom. The topological polar surface area (TPSA) is 93.9 Å². The van der Waals surface area contributed by atoms with Crippen molar-refractivity contribution in [2.75, 3.05) is 26.4 Å². The van der Waals surface area contributed by atoms with Gasteiger partial charge in [0.05, 0.1) is 43.6 Å². The molecule has 138 valence electrons. The number of nitrogens with zero attached hydrogens (tertiary/aromatic N) is 3. The molecule has 0 saturated carbocycles. The fourth-order valence-electron chi connectivity index (χ4n) is 3.20. The van der Waals surface area contributed by atoms with E-state index < -0.39 is 5.97 Å². The minimum Gasteiger partial charge on any atom is -0.481 e. The SMILES string of the molecule is O=C(O)CCc1cc2n(n1)CCN(C(=O)COC[C@H]1CCCCO1)C2. The van der Waals surface area contributed by atoms with E-state index in [0.717, 1.165) is 37.3 Å². The zero-order valence-electron chi connectivity index (χ0n) is 14.4. The van der Waals surface area contributed by atoms with Gasteiger partial charge in [-0.2, -0.15) is 5.10 Å². The van der Waals surface area contributed by atoms with Gasteiger partial charge < -0.3 is 19.5 Å². The number of ether oxygens (including phenoxy) is 2. The van der Waals surface area contributed by atoms with Gasteiger partial charge in [0.1, 0.15) is 6.61 Å². The van der Waals surface area contributed by atoms with Gasteiger partial charge in [-0.05, 0) is 25.3 Å². The van der Waals surface area contributed by atoms with Crippen LogP contribution in [0.1, 0.15) is 37.1 Å². The number of aryl methyl sites for hydroxylation is 1. The second-order valence-electron chi connectivity index (χ2n) is 6.56. The van der Waals surface area contributed by atoms with E-state index in [9.17, 15) is 9.59 Å². The van der Waals surface area contributed by atoms with Crippen LogP contribution in [0.2, 0.25) is 0 Å². The molecule has 3 heterocycles. The molecule has 8 heteroatoms. The van der Waals surface area contributed by atoms with Gasteiger partial charge in [-0.1, -0.05) is 0 Å². The first-order valence-electron chi connectivity index (χ1n) is 8.86. The average molecular weight is 351 g/mol. The number of carbonyl (C=O) groups excluding carboxylic acids is 1. The van der Waals surface area contributed by atoms with Crippen LogP contribution in [0.4, 0.5) is 0 Å². The van der Waals surface area contributed by atoms with Gasteiger partial charge in [0.25, 0.3) is 0 Å². The van der Waals surface area contributed by atoms with E-state index in [0.29, 0.717) is 32.7 Å². The van der Waals surface area contributed by atoms with Crippen molar-refractivity contribution in [3.05, 3.63) is 17.5 Å². The highest BCUT2D eigenvalue weighted by Gasteiger charge is 2.23. The average Bonchev–Trinajstić information content (AvgIpc) is 3.03. The fourth-order valence-corrected chi connectivity index (χ4v) is 3.20. The largest absolute Gasteiger partial charge is 0.481 e. The number of carboxylic acids is 1. The summed E-state index contributed by atoms with van der Waals surface area (Å²) in [6.07, 6.45) is 3.84. The number of amides is 1. The summed E-state index contributed by atoms with van der Waals surface area (Å²) in [5.41, 5.74) is 1.70. The molecule has 0 unspecified atom stereocenters. The zero-order chi connectivity index (χ0) is 17.6. The summed E-state index contributed by atoms with van der Waals surface area (Å²) in [4.78, 5) is 24.7. The Balaban J connectivity index is 1.44. The van der Waals surface area contributed by atoms with Gasteiger partial charge >= 0.3 is 5.97 Å². The Morgan fingerprint density at radius 2 is 2.24 bits per heavy atom. The van der Waals surface area contributed by atoms with Crippen LogP contribution in [0.15, 0.2) is 6.07 Å². The quantitative estimate of drug-likeness (QED) is 0.782. The first-order chi connectivity index (χ1) is 12.1. The molecule has 1 atom stereocenters. The number of carbonyl (C=O) groups is 2. The normalized spacial score (nSPS) is 20.3. The number of aromatic nitrogens is 2. The molecule has 1 saturated heterocycles. The zero-order valence-corrected chi connectivity index (χ0v) is 14.4. The maximum absolute atomic E-state index is 12.3. The summed E-state index contributed by atoms with van der Waals surface area (Å²) >= 11 is 0. The molecule has 1 aromatic heterocycles. The molecule has 0 aliphatic carbocycles. The summed E-state index contributed by atoms with van der Waals surface area (Å²) in [6.45, 7) is 3.02. The first-order valence-corrected chi connectivity index (χ1v) is 8.86. The highest BCUT2D eigenvalue weighted by Crippen LogP contribution is 2.16. The lowest BCUT2D eigenvalue weighted by Gasteiger charge is -2.28. The van der Waals surface area contributed by atoms with Gasteiger partial charge in [0.2, 0.25) is 5.91 Å². The first kappa shape index (κ1) is 17.9. The Hall–Kier alpha value is -1.93. The molecule has 0 bridgehead atoms. The lowest BCUT2D eigenvalue weighted by molar-refractivity contribution is -0.140. The van der Waals surface area contributed by atoms with Crippen LogP contribution in [0.25, 0.3) is 0 Å². The lowest BCUT2D eigenvalue weighted by Crippen LogP contribution is -2.40. The Kier molecular flexibility index (Phi) is 6.04. The molecule has 0 aromatic carbocycles. The van der Waals surface area contributed by atoms with E-state index in [1.54, 1.807) is 4.90 Å². The number of hydrogen-bond donors (Lipinski definition) is 1. The molecular weight excluding hydrogens is 326 g/mol. The molecule has 8 nitrogen and oxygen atoms in total. The second kappa shape index (κ2) is 8.44. The Labute approximate surface area is 146 Å². The molecule has 1 aromatic rings. The molecule has 3 rings (SSSR count). The van der Waals surface area contributed by atoms with Crippen LogP contribution in [0, 0.1) is 0 Å². The third kappa shape index (κ3) is 5.02. The fraction of sp³-hybridized carbons (Fsp3) is 0.706. The third-order valence-electron chi connectivity index (χ3n) is 4.60. The highest BCUT2D eigenvalue weighted by atomic mass is 16.5. The number of fused-ring (bicyclic) bond motifs is 1. The smallest absolute Gasteiger partial charge is 0.303 e. The summed E-state index contributed by atoms with van der Waals surface area (Å²) in [6, 6.07) is 1.89. The summed E-state index contributed by atoms with van der Waals surface area (Å²) in [5.74, 6) is -0.864. The predicted octanol–water partition coefficient (Wildman–Crippen LogP) is 0.828. The lowest BCUT2D eigenvalue weighted by atomic mass is 10.1. The van der Waals surface area contributed by atoms with Gasteiger partial charge in [0.15, 0.2) is 0 Å². The maximum atomic E-state index is 12.3. The standard InChI is InChI=1S/C17H25N3O5/c21-16(12-24-11-15-3-1-2-8-25-15)19-6-7-20-14(10-19)9-13(18-20)4-5-17(22)23/h9,15H,1-8,10-12H2,(H,22,23)/t15-/m1/s1. The molecular formula is C17H25N3O5. The predicted molar refractivity (Wildman–Crippen MR) is 88.0 cm³/mol. The number of rotatable bonds is 7. The van der Waals surface area contributed by atoms with Crippen molar-refractivity contribution in [2.24, 2.45) is 0 Å². The molecule has 25 heavy (non-hydrogen) atoms. The number of hydrogen-bond acceptors (Lipinski definition) is 5. The second-order valence-corrected chi connectivity index (χ2v) is 6.56. The van der Waals surface area contributed by atoms with Crippen LogP contribution >= 0.6 is 0 Å². The minimum absolute atomic E-state index is 0.0321. The van der Waals surface area contributed by atoms with Gasteiger partial charge in [-0.15, -0.1) is 0 Å². The molecule has 0 spiro atoms. The van der Waals surface area contributed by atoms with Crippen molar-refractivity contribution in [1.29, 1.82) is 0 Å². The Bertz CT molecular complexity index is 609. The summed E-state index contributed by atoms with van der Waals surface area (Å²) < 4.78 is 13.0. The van der Waals surface area contributed by atoms with Crippen molar-refractivity contribution in [3.63, 3.8) is 0 Å². The van der Waals surface area contributed by atoms with Gasteiger partial charge in [-0.25, -0.2) is 0 Å². The van der Waals surface area contributed by atoms with Crippen LogP contribution in [0.3, 0.4) is 0 Å². The highest BCUT2D eigenvalue weighted by molar-refractivity contribution is 5.77. The van der Waals surface area contributed by atoms with Crippen LogP contribution in [-0.2, 0) is 38.6 Å². The van der Waals surface area contributed by atoms with E-state index in [2.05, 4.69) is 5.10 Å². The van der Waals surface area contributed by atoms with E-state index in [1.807, 2.05) is 10.7 Å². The molecule has 2 aliphatic heterocycles. The van der Waals surface area contributed by atoms with Crippen molar-refractivity contribution in [1.82, 2.24) is 14.7 Å². The van der Waals surface area contributed by atoms with E-state index in [4.69, 9.17) is 14.6 Å². The summed E-state index contributed by atoms with van der Waals surface area (Å²) in [7, 11) is 0. The summed E-state index contributed by atoms with van der Waals surface area (Å²) in [5, 5.41) is 13.2. The van der Waals surface area contributed by atoms with Crippen molar-refractivity contribution >= 4 is 11.9 Å². The number of aliphatic carboxylic acids is 1. The Morgan fingerprint density at radius 3 is 3.00 bits per heavy atom.